The standard InChI is InChI=1S/C18H26N4O7/c1-9-10(14(25)16(29-3)15(28-2)13(9)24)6-7-12(23)22-11(17(26)27)5-4-8-21-18(19)20/h11H,4-8H2,1-3H3,(H,22,23)(H,26,27)(H4,19,20,21)/t11-/m0/s1. The van der Waals surface area contributed by atoms with E-state index in [4.69, 9.17) is 20.9 Å². The van der Waals surface area contributed by atoms with E-state index < -0.39 is 29.5 Å². The van der Waals surface area contributed by atoms with Crippen LogP contribution in [0.3, 0.4) is 0 Å². The van der Waals surface area contributed by atoms with Gasteiger partial charge in [0.25, 0.3) is 0 Å². The second kappa shape index (κ2) is 10.8. The van der Waals surface area contributed by atoms with Crippen LogP contribution in [0.2, 0.25) is 0 Å². The molecule has 0 saturated heterocycles. The first-order valence-corrected chi connectivity index (χ1v) is 8.82. The summed E-state index contributed by atoms with van der Waals surface area (Å²) >= 11 is 0. The van der Waals surface area contributed by atoms with Gasteiger partial charge in [-0.2, -0.15) is 0 Å². The zero-order valence-electron chi connectivity index (χ0n) is 16.6. The number of carboxylic acid groups (broad SMARTS) is 1. The normalized spacial score (nSPS) is 15.1. The number of hydrogen-bond acceptors (Lipinski definition) is 7. The van der Waals surface area contributed by atoms with Gasteiger partial charge in [0.2, 0.25) is 29.0 Å². The van der Waals surface area contributed by atoms with Crippen LogP contribution in [0.4, 0.5) is 0 Å². The number of carbonyl (C=O) groups is 4. The molecule has 1 rings (SSSR count). The molecule has 0 spiro atoms. The molecular formula is C18H26N4O7. The van der Waals surface area contributed by atoms with Crippen LogP contribution in [-0.4, -0.2) is 61.3 Å². The van der Waals surface area contributed by atoms with Gasteiger partial charge in [-0.15, -0.1) is 0 Å². The third-order valence-corrected chi connectivity index (χ3v) is 4.27. The smallest absolute Gasteiger partial charge is 0.326 e. The molecule has 0 heterocycles. The molecule has 0 saturated carbocycles. The fraction of sp³-hybridized carbons (Fsp3) is 0.500. The molecule has 11 heteroatoms. The third-order valence-electron chi connectivity index (χ3n) is 4.27. The summed E-state index contributed by atoms with van der Waals surface area (Å²) in [6, 6.07) is -1.12. The van der Waals surface area contributed by atoms with Gasteiger partial charge in [-0.25, -0.2) is 4.79 Å². The number of allylic oxidation sites excluding steroid dienone is 2. The number of nitrogens with one attached hydrogen (secondary N) is 1. The highest BCUT2D eigenvalue weighted by atomic mass is 16.5. The largest absolute Gasteiger partial charge is 0.489 e. The molecule has 1 atom stereocenters. The second-order valence-electron chi connectivity index (χ2n) is 6.24. The van der Waals surface area contributed by atoms with Gasteiger partial charge < -0.3 is 31.4 Å². The number of hydrogen-bond donors (Lipinski definition) is 4. The summed E-state index contributed by atoms with van der Waals surface area (Å²) in [6.07, 6.45) is 0.258. The van der Waals surface area contributed by atoms with E-state index in [-0.39, 0.29) is 54.4 Å². The number of ether oxygens (including phenoxy) is 2. The summed E-state index contributed by atoms with van der Waals surface area (Å²) in [4.78, 5) is 52.1. The van der Waals surface area contributed by atoms with Crippen molar-refractivity contribution in [2.24, 2.45) is 16.5 Å². The van der Waals surface area contributed by atoms with Crippen molar-refractivity contribution in [3.63, 3.8) is 0 Å². The van der Waals surface area contributed by atoms with E-state index in [2.05, 4.69) is 10.3 Å². The number of guanidine groups is 1. The Bertz CT molecular complexity index is 779. The number of carboxylic acids is 1. The first-order valence-electron chi connectivity index (χ1n) is 8.82. The summed E-state index contributed by atoms with van der Waals surface area (Å²) < 4.78 is 9.92. The number of ketones is 2. The zero-order chi connectivity index (χ0) is 22.1. The summed E-state index contributed by atoms with van der Waals surface area (Å²) in [5.74, 6) is -3.31. The van der Waals surface area contributed by atoms with Crippen LogP contribution >= 0.6 is 0 Å². The molecule has 1 aliphatic carbocycles. The Kier molecular flexibility index (Phi) is 8.84. The fourth-order valence-electron chi connectivity index (χ4n) is 2.76. The monoisotopic (exact) mass is 410 g/mol. The fourth-order valence-corrected chi connectivity index (χ4v) is 2.76. The summed E-state index contributed by atoms with van der Waals surface area (Å²) in [6.45, 7) is 1.70. The quantitative estimate of drug-likeness (QED) is 0.149. The Morgan fingerprint density at radius 3 is 2.24 bits per heavy atom. The van der Waals surface area contributed by atoms with Crippen molar-refractivity contribution in [1.29, 1.82) is 0 Å². The molecule has 0 aromatic heterocycles. The molecule has 0 aliphatic heterocycles. The Morgan fingerprint density at radius 2 is 1.72 bits per heavy atom. The van der Waals surface area contributed by atoms with Gasteiger partial charge in [0.15, 0.2) is 5.96 Å². The highest BCUT2D eigenvalue weighted by molar-refractivity contribution is 6.23. The molecule has 29 heavy (non-hydrogen) atoms. The van der Waals surface area contributed by atoms with Gasteiger partial charge in [0, 0.05) is 24.1 Å². The van der Waals surface area contributed by atoms with Gasteiger partial charge in [0.1, 0.15) is 6.04 Å². The number of methoxy groups -OCH3 is 2. The Labute approximate surface area is 167 Å². The average Bonchev–Trinajstić information content (AvgIpc) is 2.66. The van der Waals surface area contributed by atoms with Crippen molar-refractivity contribution in [3.8, 4) is 0 Å². The molecule has 0 fully saturated rings. The Balaban J connectivity index is 2.74. The number of nitrogens with two attached hydrogens (primary N) is 2. The second-order valence-corrected chi connectivity index (χ2v) is 6.24. The first-order chi connectivity index (χ1) is 13.6. The molecule has 0 unspecified atom stereocenters. The molecule has 0 aromatic carbocycles. The van der Waals surface area contributed by atoms with Crippen LogP contribution in [0.5, 0.6) is 0 Å². The van der Waals surface area contributed by atoms with E-state index >= 15 is 0 Å². The van der Waals surface area contributed by atoms with Crippen molar-refractivity contribution in [1.82, 2.24) is 5.32 Å². The number of aliphatic imine (C=N–C) groups is 1. The van der Waals surface area contributed by atoms with Crippen molar-refractivity contribution in [2.45, 2.75) is 38.6 Å². The molecule has 160 valence electrons. The van der Waals surface area contributed by atoms with Crippen LogP contribution in [0.15, 0.2) is 27.7 Å². The number of Topliss-reactive ketones (excluding diaryl/α,β-unsaturated/α-hetero) is 2. The van der Waals surface area contributed by atoms with E-state index in [9.17, 15) is 24.3 Å². The lowest BCUT2D eigenvalue weighted by atomic mass is 9.90. The van der Waals surface area contributed by atoms with Gasteiger partial charge >= 0.3 is 5.97 Å². The lowest BCUT2D eigenvalue weighted by molar-refractivity contribution is -0.142. The predicted octanol–water partition coefficient (Wildman–Crippen LogP) is -0.638. The summed E-state index contributed by atoms with van der Waals surface area (Å²) in [7, 11) is 2.49. The van der Waals surface area contributed by atoms with Gasteiger partial charge in [0.05, 0.1) is 14.2 Å². The van der Waals surface area contributed by atoms with Crippen LogP contribution in [0.25, 0.3) is 0 Å². The Morgan fingerprint density at radius 1 is 1.14 bits per heavy atom. The predicted molar refractivity (Wildman–Crippen MR) is 102 cm³/mol. The maximum absolute atomic E-state index is 12.5. The molecule has 1 aliphatic rings. The minimum atomic E-state index is -1.20. The van der Waals surface area contributed by atoms with E-state index in [1.807, 2.05) is 0 Å². The van der Waals surface area contributed by atoms with E-state index in [0.717, 1.165) is 0 Å². The number of aliphatic carboxylic acids is 1. The van der Waals surface area contributed by atoms with Crippen LogP contribution in [-0.2, 0) is 28.7 Å². The molecule has 0 bridgehead atoms. The molecule has 6 N–H and O–H groups in total. The average molecular weight is 410 g/mol. The molecule has 1 amide bonds. The highest BCUT2D eigenvalue weighted by Gasteiger charge is 2.34. The van der Waals surface area contributed by atoms with Crippen molar-refractivity contribution < 1.29 is 33.8 Å². The van der Waals surface area contributed by atoms with E-state index in [1.54, 1.807) is 0 Å². The number of nitrogens with zero attached hydrogens (tertiary/aromatic N) is 1. The minimum Gasteiger partial charge on any atom is -0.489 e. The van der Waals surface area contributed by atoms with E-state index in [1.165, 1.54) is 21.1 Å². The van der Waals surface area contributed by atoms with Crippen molar-refractivity contribution in [3.05, 3.63) is 22.7 Å². The topological polar surface area (TPSA) is 183 Å². The van der Waals surface area contributed by atoms with Gasteiger partial charge in [-0.05, 0) is 26.2 Å². The third kappa shape index (κ3) is 6.33. The highest BCUT2D eigenvalue weighted by Crippen LogP contribution is 2.28. The number of rotatable bonds is 11. The summed E-state index contributed by atoms with van der Waals surface area (Å²) in [5, 5.41) is 11.6. The van der Waals surface area contributed by atoms with Crippen LogP contribution in [0.1, 0.15) is 32.6 Å². The van der Waals surface area contributed by atoms with E-state index in [0.29, 0.717) is 6.42 Å². The Hall–Kier alpha value is -3.37. The SMILES string of the molecule is COC1=C(OC)C(=O)C(CCC(=O)N[C@@H](CCCN=C(N)N)C(=O)O)=C(C)C1=O. The van der Waals surface area contributed by atoms with Gasteiger partial charge in [-0.1, -0.05) is 0 Å². The lowest BCUT2D eigenvalue weighted by Gasteiger charge is -2.20. The first kappa shape index (κ1) is 23.7. The van der Waals surface area contributed by atoms with Gasteiger partial charge in [-0.3, -0.25) is 19.4 Å². The molecule has 0 radical (unpaired) electrons. The minimum absolute atomic E-state index is 0.0492. The number of amides is 1. The molecule has 11 nitrogen and oxygen atoms in total. The maximum Gasteiger partial charge on any atom is 0.326 e. The van der Waals surface area contributed by atoms with Crippen LogP contribution in [0, 0.1) is 0 Å². The van der Waals surface area contributed by atoms with Crippen molar-refractivity contribution in [2.75, 3.05) is 20.8 Å². The zero-order valence-corrected chi connectivity index (χ0v) is 16.6. The molecule has 0 aromatic rings. The lowest BCUT2D eigenvalue weighted by Crippen LogP contribution is -2.41. The molecular weight excluding hydrogens is 384 g/mol. The number of carbonyl (C=O) groups excluding carboxylic acids is 3. The maximum atomic E-state index is 12.5. The summed E-state index contributed by atoms with van der Waals surface area (Å²) in [5.41, 5.74) is 10.7. The van der Waals surface area contributed by atoms with Crippen LogP contribution < -0.4 is 16.8 Å². The van der Waals surface area contributed by atoms with Crippen molar-refractivity contribution >= 4 is 29.4 Å².